The third kappa shape index (κ3) is 1.53. The van der Waals surface area contributed by atoms with Crippen molar-refractivity contribution in [2.75, 3.05) is 5.75 Å². The second kappa shape index (κ2) is 2.26. The van der Waals surface area contributed by atoms with Crippen LogP contribution in [0, 0.1) is 0 Å². The molecule has 0 aromatic rings. The summed E-state index contributed by atoms with van der Waals surface area (Å²) in [7, 11) is 0. The Hall–Kier alpha value is 0.620. The van der Waals surface area contributed by atoms with Gasteiger partial charge in [0.05, 0.1) is 4.71 Å². The first-order valence-corrected chi connectivity index (χ1v) is 3.59. The molecular weight excluding hydrogens is 130 g/mol. The molecular formula is C3H7NOS2. The van der Waals surface area contributed by atoms with Crippen molar-refractivity contribution < 1.29 is 5.11 Å². The molecule has 2 N–H and O–H groups in total. The molecule has 0 radical (unpaired) electrons. The van der Waals surface area contributed by atoms with Crippen LogP contribution in [0.25, 0.3) is 0 Å². The number of aliphatic hydroxyl groups excluding tert-OH is 1. The highest BCUT2D eigenvalue weighted by atomic mass is 32.2. The zero-order valence-electron chi connectivity index (χ0n) is 3.66. The molecule has 1 aliphatic rings. The van der Waals surface area contributed by atoms with Crippen LogP contribution in [0.15, 0.2) is 0 Å². The minimum Gasteiger partial charge on any atom is -0.378 e. The maximum absolute atomic E-state index is 8.72. The monoisotopic (exact) mass is 137 g/mol. The molecule has 1 rings (SSSR count). The lowest BCUT2D eigenvalue weighted by molar-refractivity contribution is 0.174. The number of nitrogens with one attached hydrogen (secondary N) is 1. The van der Waals surface area contributed by atoms with Crippen LogP contribution >= 0.6 is 24.4 Å². The van der Waals surface area contributed by atoms with E-state index < -0.39 is 0 Å². The maximum atomic E-state index is 8.72. The lowest BCUT2D eigenvalue weighted by Crippen LogP contribution is -2.25. The fourth-order valence-corrected chi connectivity index (χ4v) is 1.59. The molecule has 2 atom stereocenters. The zero-order chi connectivity index (χ0) is 5.28. The van der Waals surface area contributed by atoms with Gasteiger partial charge in [0, 0.05) is 5.75 Å². The van der Waals surface area contributed by atoms with E-state index in [0.717, 1.165) is 5.75 Å². The number of thioether (sulfide) groups is 1. The summed E-state index contributed by atoms with van der Waals surface area (Å²) in [6, 6.07) is 0. The van der Waals surface area contributed by atoms with Gasteiger partial charge in [0.15, 0.2) is 0 Å². The molecule has 0 saturated carbocycles. The van der Waals surface area contributed by atoms with Gasteiger partial charge in [-0.25, -0.2) is 0 Å². The highest BCUT2D eigenvalue weighted by Gasteiger charge is 2.17. The first-order chi connectivity index (χ1) is 3.29. The highest BCUT2D eigenvalue weighted by molar-refractivity contribution is 8.10. The first kappa shape index (κ1) is 5.75. The summed E-state index contributed by atoms with van der Waals surface area (Å²) in [5.41, 5.74) is 0. The van der Waals surface area contributed by atoms with Crippen molar-refractivity contribution in [2.24, 2.45) is 0 Å². The highest BCUT2D eigenvalue weighted by Crippen LogP contribution is 2.19. The van der Waals surface area contributed by atoms with Crippen LogP contribution < -0.4 is 5.32 Å². The van der Waals surface area contributed by atoms with Crippen LogP contribution in [0.4, 0.5) is 0 Å². The quantitative estimate of drug-likeness (QED) is 0.406. The van der Waals surface area contributed by atoms with Crippen LogP contribution in [-0.4, -0.2) is 21.8 Å². The second-order valence-electron chi connectivity index (χ2n) is 1.37. The molecule has 0 bridgehead atoms. The molecule has 2 nitrogen and oxygen atoms in total. The SMILES string of the molecule is OC1CSC(S)N1. The van der Waals surface area contributed by atoms with Gasteiger partial charge in [-0.15, -0.1) is 24.4 Å². The first-order valence-electron chi connectivity index (χ1n) is 2.03. The van der Waals surface area contributed by atoms with Gasteiger partial charge in [-0.2, -0.15) is 0 Å². The minimum atomic E-state index is -0.340. The number of hydrogen-bond acceptors (Lipinski definition) is 4. The summed E-state index contributed by atoms with van der Waals surface area (Å²) in [5.74, 6) is 0.758. The van der Waals surface area contributed by atoms with E-state index in [-0.39, 0.29) is 10.9 Å². The normalized spacial score (nSPS) is 42.0. The molecule has 0 amide bonds. The fraction of sp³-hybridized carbons (Fsp3) is 1.00. The third-order valence-electron chi connectivity index (χ3n) is 0.747. The van der Waals surface area contributed by atoms with E-state index in [4.69, 9.17) is 5.11 Å². The Labute approximate surface area is 52.1 Å². The average molecular weight is 137 g/mol. The largest absolute Gasteiger partial charge is 0.378 e. The van der Waals surface area contributed by atoms with Crippen LogP contribution in [0.3, 0.4) is 0 Å². The third-order valence-corrected chi connectivity index (χ3v) is 2.30. The van der Waals surface area contributed by atoms with Gasteiger partial charge < -0.3 is 5.11 Å². The molecule has 1 saturated heterocycles. The summed E-state index contributed by atoms with van der Waals surface area (Å²) < 4.78 is 0.134. The van der Waals surface area contributed by atoms with E-state index in [2.05, 4.69) is 17.9 Å². The average Bonchev–Trinajstić information content (AvgIpc) is 1.87. The Balaban J connectivity index is 2.26. The van der Waals surface area contributed by atoms with Crippen molar-refractivity contribution in [3.63, 3.8) is 0 Å². The minimum absolute atomic E-state index is 0.134. The van der Waals surface area contributed by atoms with Crippen molar-refractivity contribution in [3.8, 4) is 0 Å². The van der Waals surface area contributed by atoms with Crippen molar-refractivity contribution in [1.82, 2.24) is 5.32 Å². The molecule has 1 fully saturated rings. The summed E-state index contributed by atoms with van der Waals surface area (Å²) in [4.78, 5) is 0. The van der Waals surface area contributed by atoms with Crippen LogP contribution in [0.1, 0.15) is 0 Å². The predicted molar refractivity (Wildman–Crippen MR) is 34.4 cm³/mol. The fourth-order valence-electron chi connectivity index (χ4n) is 0.443. The second-order valence-corrected chi connectivity index (χ2v) is 3.37. The molecule has 7 heavy (non-hydrogen) atoms. The van der Waals surface area contributed by atoms with Crippen molar-refractivity contribution in [2.45, 2.75) is 10.9 Å². The van der Waals surface area contributed by atoms with Gasteiger partial charge >= 0.3 is 0 Å². The van der Waals surface area contributed by atoms with E-state index in [0.29, 0.717) is 0 Å². The number of rotatable bonds is 0. The standard InChI is InChI=1S/C3H7NOS2/c5-2-1-7-3(6)4-2/h2-6H,1H2. The lowest BCUT2D eigenvalue weighted by atomic mass is 10.7. The Morgan fingerprint density at radius 3 is 2.71 bits per heavy atom. The number of aliphatic hydroxyl groups is 1. The van der Waals surface area contributed by atoms with Crippen LogP contribution in [0.5, 0.6) is 0 Å². The van der Waals surface area contributed by atoms with E-state index in [1.807, 2.05) is 0 Å². The molecule has 0 aromatic heterocycles. The van der Waals surface area contributed by atoms with Crippen molar-refractivity contribution in [1.29, 1.82) is 0 Å². The molecule has 0 spiro atoms. The Morgan fingerprint density at radius 1 is 1.86 bits per heavy atom. The Bertz CT molecular complexity index is 62.0. The molecule has 0 aliphatic carbocycles. The molecule has 0 aromatic carbocycles. The Morgan fingerprint density at radius 2 is 2.57 bits per heavy atom. The molecule has 42 valence electrons. The topological polar surface area (TPSA) is 32.3 Å². The maximum Gasteiger partial charge on any atom is 0.115 e. The van der Waals surface area contributed by atoms with E-state index in [1.54, 1.807) is 11.8 Å². The summed E-state index contributed by atoms with van der Waals surface area (Å²) in [5, 5.41) is 11.5. The van der Waals surface area contributed by atoms with Crippen molar-refractivity contribution >= 4 is 24.4 Å². The molecule has 1 heterocycles. The van der Waals surface area contributed by atoms with Gasteiger partial charge in [-0.05, 0) is 0 Å². The number of hydrogen-bond donors (Lipinski definition) is 3. The summed E-state index contributed by atoms with van der Waals surface area (Å²) >= 11 is 5.65. The molecule has 2 unspecified atom stereocenters. The summed E-state index contributed by atoms with van der Waals surface area (Å²) in [6.45, 7) is 0. The van der Waals surface area contributed by atoms with Crippen LogP contribution in [0.2, 0.25) is 0 Å². The Kier molecular flexibility index (Phi) is 1.86. The van der Waals surface area contributed by atoms with Crippen molar-refractivity contribution in [3.05, 3.63) is 0 Å². The van der Waals surface area contributed by atoms with Gasteiger partial charge in [0.1, 0.15) is 6.23 Å². The smallest absolute Gasteiger partial charge is 0.115 e. The van der Waals surface area contributed by atoms with E-state index in [1.165, 1.54) is 0 Å². The predicted octanol–water partition coefficient (Wildman–Crippen LogP) is -0.145. The number of thiol groups is 1. The lowest BCUT2D eigenvalue weighted by Gasteiger charge is -1.98. The zero-order valence-corrected chi connectivity index (χ0v) is 5.38. The van der Waals surface area contributed by atoms with E-state index in [9.17, 15) is 0 Å². The van der Waals surface area contributed by atoms with Gasteiger partial charge in [-0.3, -0.25) is 5.32 Å². The van der Waals surface area contributed by atoms with Gasteiger partial charge in [0.25, 0.3) is 0 Å². The molecule has 1 aliphatic heterocycles. The summed E-state index contributed by atoms with van der Waals surface area (Å²) in [6.07, 6.45) is -0.340. The van der Waals surface area contributed by atoms with E-state index >= 15 is 0 Å². The van der Waals surface area contributed by atoms with Crippen LogP contribution in [-0.2, 0) is 0 Å². The molecule has 4 heteroatoms. The van der Waals surface area contributed by atoms with Gasteiger partial charge in [-0.1, -0.05) is 0 Å². The van der Waals surface area contributed by atoms with Gasteiger partial charge in [0.2, 0.25) is 0 Å².